The summed E-state index contributed by atoms with van der Waals surface area (Å²) >= 11 is 0. The van der Waals surface area contributed by atoms with Crippen molar-refractivity contribution in [3.05, 3.63) is 205 Å². The Hall–Kier alpha value is -8.84. The molecule has 0 saturated carbocycles. The molecule has 286 valence electrons. The lowest BCUT2D eigenvalue weighted by Crippen LogP contribution is -2.07. The molecule has 0 bridgehead atoms. The van der Waals surface area contributed by atoms with Crippen LogP contribution < -0.4 is 0 Å². The van der Waals surface area contributed by atoms with Gasteiger partial charge in [0.2, 0.25) is 0 Å². The fourth-order valence-electron chi connectivity index (χ4n) is 10.4. The largest absolute Gasteiger partial charge is 0.309 e. The smallest absolute Gasteiger partial charge is 0.104 e. The maximum atomic E-state index is 11.7. The van der Waals surface area contributed by atoms with Crippen LogP contribution in [0.4, 0.5) is 0 Å². The van der Waals surface area contributed by atoms with Crippen LogP contribution in [-0.2, 0) is 0 Å². The molecule has 0 aliphatic heterocycles. The number of benzene rings is 9. The van der Waals surface area contributed by atoms with Crippen molar-refractivity contribution in [2.24, 2.45) is 0 Å². The minimum atomic E-state index is 0.418. The summed E-state index contributed by atoms with van der Waals surface area (Å²) in [5, 5.41) is 31.4. The molecule has 62 heavy (non-hydrogen) atoms. The van der Waals surface area contributed by atoms with Gasteiger partial charge in [-0.1, -0.05) is 121 Å². The van der Waals surface area contributed by atoms with Crippen LogP contribution in [0.25, 0.3) is 110 Å². The lowest BCUT2D eigenvalue weighted by Gasteiger charge is -2.18. The Kier molecular flexibility index (Phi) is 7.05. The van der Waals surface area contributed by atoms with Crippen LogP contribution in [0.1, 0.15) is 11.1 Å². The number of hydrogen-bond acceptors (Lipinski definition) is 2. The predicted molar refractivity (Wildman–Crippen MR) is 253 cm³/mol. The van der Waals surface area contributed by atoms with Gasteiger partial charge in [-0.3, -0.25) is 0 Å². The summed E-state index contributed by atoms with van der Waals surface area (Å²) in [6.07, 6.45) is 0. The Morgan fingerprint density at radius 3 is 1.21 bits per heavy atom. The highest BCUT2D eigenvalue weighted by atomic mass is 15.0. The summed E-state index contributed by atoms with van der Waals surface area (Å²) in [5.41, 5.74) is 12.4. The second-order valence-corrected chi connectivity index (χ2v) is 15.9. The van der Waals surface area contributed by atoms with Crippen LogP contribution in [0.2, 0.25) is 0 Å². The van der Waals surface area contributed by atoms with Gasteiger partial charge in [-0.15, -0.1) is 0 Å². The summed E-state index contributed by atoms with van der Waals surface area (Å²) < 4.78 is 9.10. The molecule has 9 aromatic carbocycles. The normalized spacial score (nSPS) is 11.8. The number of hydrogen-bond donors (Lipinski definition) is 0. The molecular formula is C56H32N6. The minimum Gasteiger partial charge on any atom is -0.309 e. The molecule has 0 aliphatic carbocycles. The van der Waals surface area contributed by atoms with E-state index in [0.717, 1.165) is 98.6 Å². The zero-order chi connectivity index (χ0) is 41.1. The summed E-state index contributed by atoms with van der Waals surface area (Å²) in [6, 6.07) is 72.8. The van der Waals surface area contributed by atoms with Crippen molar-refractivity contribution in [3.8, 4) is 34.9 Å². The Balaban J connectivity index is 1.21. The van der Waals surface area contributed by atoms with Crippen LogP contribution in [0.15, 0.2) is 194 Å². The monoisotopic (exact) mass is 788 g/mol. The van der Waals surface area contributed by atoms with Crippen molar-refractivity contribution < 1.29 is 0 Å². The van der Waals surface area contributed by atoms with E-state index in [1.165, 1.54) is 0 Å². The number of para-hydroxylation sites is 6. The van der Waals surface area contributed by atoms with Crippen molar-refractivity contribution in [2.45, 2.75) is 0 Å². The van der Waals surface area contributed by atoms with E-state index in [1.54, 1.807) is 0 Å². The van der Waals surface area contributed by atoms with Crippen LogP contribution in [0, 0.1) is 22.7 Å². The standard InChI is InChI=1S/C56H32N6/c57-33-35-27-30-49(61-45-23-11-7-19-38(45)40-28-31-50-52(55(40)61)42-21-9-13-25-47(42)59(50)36-15-3-1-4-16-36)44(34-58)54(35)62-46-24-12-8-20-39(46)41-29-32-51-53(56(41)62)43-22-10-14-26-48(43)60(51)37-17-5-2-6-18-37/h1-32H. The summed E-state index contributed by atoms with van der Waals surface area (Å²) in [4.78, 5) is 0. The van der Waals surface area contributed by atoms with Gasteiger partial charge in [0.25, 0.3) is 0 Å². The molecule has 6 heteroatoms. The molecule has 13 aromatic rings. The van der Waals surface area contributed by atoms with Gasteiger partial charge in [0, 0.05) is 54.5 Å². The van der Waals surface area contributed by atoms with Gasteiger partial charge >= 0.3 is 0 Å². The zero-order valence-corrected chi connectivity index (χ0v) is 33.2. The third-order valence-corrected chi connectivity index (χ3v) is 12.8. The molecule has 0 N–H and O–H groups in total. The first-order valence-corrected chi connectivity index (χ1v) is 20.7. The molecule has 4 heterocycles. The lowest BCUT2D eigenvalue weighted by molar-refractivity contribution is 1.11. The number of fused-ring (bicyclic) bond motifs is 14. The molecule has 0 amide bonds. The quantitative estimate of drug-likeness (QED) is 0.178. The van der Waals surface area contributed by atoms with Gasteiger partial charge < -0.3 is 18.3 Å². The molecule has 0 atom stereocenters. The molecule has 6 nitrogen and oxygen atoms in total. The highest BCUT2D eigenvalue weighted by molar-refractivity contribution is 6.28. The van der Waals surface area contributed by atoms with Crippen molar-refractivity contribution in [3.63, 3.8) is 0 Å². The van der Waals surface area contributed by atoms with Gasteiger partial charge in [0.15, 0.2) is 0 Å². The molecular weight excluding hydrogens is 757 g/mol. The zero-order valence-electron chi connectivity index (χ0n) is 33.2. The Morgan fingerprint density at radius 2 is 0.726 bits per heavy atom. The molecule has 4 aromatic heterocycles. The van der Waals surface area contributed by atoms with E-state index < -0.39 is 0 Å². The molecule has 0 saturated heterocycles. The fourth-order valence-corrected chi connectivity index (χ4v) is 10.4. The van der Waals surface area contributed by atoms with Crippen molar-refractivity contribution in [1.29, 1.82) is 10.5 Å². The van der Waals surface area contributed by atoms with Gasteiger partial charge in [0.1, 0.15) is 17.7 Å². The first-order chi connectivity index (χ1) is 30.7. The average Bonchev–Trinajstić information content (AvgIpc) is 4.06. The second kappa shape index (κ2) is 12.8. The van der Waals surface area contributed by atoms with E-state index in [9.17, 15) is 10.5 Å². The van der Waals surface area contributed by atoms with Crippen molar-refractivity contribution in [2.75, 3.05) is 0 Å². The molecule has 13 rings (SSSR count). The number of rotatable bonds is 4. The molecule has 0 radical (unpaired) electrons. The SMILES string of the molecule is N#Cc1ccc(-n2c3ccccc3c3ccc4c(c5ccccc5n4-c4ccccc4)c32)c(C#N)c1-n1c2ccccc2c2ccc3c(c4ccccc4n3-c3ccccc3)c21. The van der Waals surface area contributed by atoms with E-state index >= 15 is 0 Å². The van der Waals surface area contributed by atoms with E-state index in [2.05, 4.69) is 194 Å². The fraction of sp³-hybridized carbons (Fsp3) is 0. The Labute approximate surface area is 354 Å². The summed E-state index contributed by atoms with van der Waals surface area (Å²) in [5.74, 6) is 0. The maximum Gasteiger partial charge on any atom is 0.104 e. The first kappa shape index (κ1) is 34.1. The predicted octanol–water partition coefficient (Wildman–Crippen LogP) is 13.8. The lowest BCUT2D eigenvalue weighted by atomic mass is 10.0. The van der Waals surface area contributed by atoms with Crippen LogP contribution in [-0.4, -0.2) is 18.3 Å². The third-order valence-electron chi connectivity index (χ3n) is 12.8. The molecule has 0 aliphatic rings. The maximum absolute atomic E-state index is 11.7. The van der Waals surface area contributed by atoms with Gasteiger partial charge in [-0.2, -0.15) is 10.5 Å². The van der Waals surface area contributed by atoms with E-state index in [-0.39, 0.29) is 0 Å². The molecule has 0 fully saturated rings. The van der Waals surface area contributed by atoms with Gasteiger partial charge in [-0.25, -0.2) is 0 Å². The summed E-state index contributed by atoms with van der Waals surface area (Å²) in [7, 11) is 0. The van der Waals surface area contributed by atoms with Crippen molar-refractivity contribution in [1.82, 2.24) is 18.3 Å². The Bertz CT molecular complexity index is 4110. The van der Waals surface area contributed by atoms with Gasteiger partial charge in [0.05, 0.1) is 61.1 Å². The van der Waals surface area contributed by atoms with E-state index in [4.69, 9.17) is 0 Å². The van der Waals surface area contributed by atoms with Crippen LogP contribution in [0.3, 0.4) is 0 Å². The van der Waals surface area contributed by atoms with Crippen LogP contribution >= 0.6 is 0 Å². The number of nitrogens with zero attached hydrogens (tertiary/aromatic N) is 6. The average molecular weight is 789 g/mol. The highest BCUT2D eigenvalue weighted by Crippen LogP contribution is 2.46. The Morgan fingerprint density at radius 1 is 0.306 bits per heavy atom. The van der Waals surface area contributed by atoms with E-state index in [1.807, 2.05) is 30.3 Å². The third kappa shape index (κ3) is 4.45. The minimum absolute atomic E-state index is 0.418. The summed E-state index contributed by atoms with van der Waals surface area (Å²) in [6.45, 7) is 0. The van der Waals surface area contributed by atoms with Crippen molar-refractivity contribution >= 4 is 87.2 Å². The molecule has 0 spiro atoms. The topological polar surface area (TPSA) is 67.3 Å². The van der Waals surface area contributed by atoms with Crippen LogP contribution in [0.5, 0.6) is 0 Å². The first-order valence-electron chi connectivity index (χ1n) is 20.7. The highest BCUT2D eigenvalue weighted by Gasteiger charge is 2.27. The van der Waals surface area contributed by atoms with Gasteiger partial charge in [-0.05, 0) is 72.8 Å². The molecule has 0 unspecified atom stereocenters. The number of aromatic nitrogens is 4. The second-order valence-electron chi connectivity index (χ2n) is 15.9. The van der Waals surface area contributed by atoms with E-state index in [0.29, 0.717) is 22.5 Å². The number of nitriles is 2.